The van der Waals surface area contributed by atoms with Gasteiger partial charge in [-0.15, -0.1) is 6.58 Å². The molecule has 0 fully saturated rings. The molecule has 110 valence electrons. The molecule has 0 radical (unpaired) electrons. The minimum atomic E-state index is -0.338. The van der Waals surface area contributed by atoms with Crippen molar-refractivity contribution in [1.29, 1.82) is 0 Å². The fourth-order valence-electron chi connectivity index (χ4n) is 2.49. The number of fused-ring (bicyclic) bond motifs is 1. The number of hydrogen-bond acceptors (Lipinski definition) is 2. The van der Waals surface area contributed by atoms with Gasteiger partial charge in [-0.1, -0.05) is 62.2 Å². The normalized spacial score (nSPS) is 10.8. The van der Waals surface area contributed by atoms with Crippen molar-refractivity contribution in [1.82, 2.24) is 0 Å². The SMILES string of the molecule is C=CCc1c(-c2ccccc2Br)oc(=O)c2cc(Br)ccc12. The second kappa shape index (κ2) is 6.23. The smallest absolute Gasteiger partial charge is 0.344 e. The minimum Gasteiger partial charge on any atom is -0.422 e. The molecule has 3 aromatic rings. The lowest BCUT2D eigenvalue weighted by atomic mass is 9.99. The molecule has 2 nitrogen and oxygen atoms in total. The van der Waals surface area contributed by atoms with Gasteiger partial charge in [0.05, 0.1) is 5.39 Å². The number of rotatable bonds is 3. The molecule has 0 unspecified atom stereocenters. The lowest BCUT2D eigenvalue weighted by Crippen LogP contribution is -2.05. The Morgan fingerprint density at radius 2 is 1.86 bits per heavy atom. The van der Waals surface area contributed by atoms with Crippen molar-refractivity contribution < 1.29 is 4.42 Å². The molecule has 1 aromatic heterocycles. The molecule has 0 N–H and O–H groups in total. The molecule has 22 heavy (non-hydrogen) atoms. The number of hydrogen-bond donors (Lipinski definition) is 0. The maximum absolute atomic E-state index is 12.4. The summed E-state index contributed by atoms with van der Waals surface area (Å²) in [4.78, 5) is 12.4. The van der Waals surface area contributed by atoms with Crippen LogP contribution in [0.2, 0.25) is 0 Å². The van der Waals surface area contributed by atoms with Gasteiger partial charge in [-0.3, -0.25) is 0 Å². The van der Waals surface area contributed by atoms with Crippen LogP contribution in [0.1, 0.15) is 5.56 Å². The van der Waals surface area contributed by atoms with Crippen LogP contribution in [0.25, 0.3) is 22.1 Å². The fourth-order valence-corrected chi connectivity index (χ4v) is 3.32. The fraction of sp³-hybridized carbons (Fsp3) is 0.0556. The van der Waals surface area contributed by atoms with Crippen LogP contribution in [0.15, 0.2) is 73.3 Å². The molecule has 1 heterocycles. The highest BCUT2D eigenvalue weighted by molar-refractivity contribution is 9.10. The summed E-state index contributed by atoms with van der Waals surface area (Å²) in [6.45, 7) is 3.82. The van der Waals surface area contributed by atoms with Gasteiger partial charge in [0, 0.05) is 20.1 Å². The first-order valence-electron chi connectivity index (χ1n) is 6.73. The largest absolute Gasteiger partial charge is 0.422 e. The summed E-state index contributed by atoms with van der Waals surface area (Å²) in [6.07, 6.45) is 2.44. The van der Waals surface area contributed by atoms with E-state index in [9.17, 15) is 4.79 Å². The van der Waals surface area contributed by atoms with Gasteiger partial charge in [0.15, 0.2) is 0 Å². The van der Waals surface area contributed by atoms with E-state index in [1.54, 1.807) is 6.07 Å². The average molecular weight is 420 g/mol. The van der Waals surface area contributed by atoms with Gasteiger partial charge < -0.3 is 4.42 Å². The Balaban J connectivity index is 2.43. The third-order valence-corrected chi connectivity index (χ3v) is 4.65. The molecule has 4 heteroatoms. The van der Waals surface area contributed by atoms with E-state index < -0.39 is 0 Å². The number of benzene rings is 2. The van der Waals surface area contributed by atoms with Crippen LogP contribution < -0.4 is 5.63 Å². The van der Waals surface area contributed by atoms with Gasteiger partial charge in [-0.05, 0) is 30.0 Å². The maximum atomic E-state index is 12.4. The Labute approximate surface area is 144 Å². The van der Waals surface area contributed by atoms with Crippen LogP contribution in [0.4, 0.5) is 0 Å². The first kappa shape index (κ1) is 15.3. The van der Waals surface area contributed by atoms with Crippen LogP contribution in [0.5, 0.6) is 0 Å². The first-order chi connectivity index (χ1) is 10.6. The van der Waals surface area contributed by atoms with Crippen LogP contribution in [0, 0.1) is 0 Å². The lowest BCUT2D eigenvalue weighted by molar-refractivity contribution is 0.530. The van der Waals surface area contributed by atoms with E-state index >= 15 is 0 Å². The Morgan fingerprint density at radius 1 is 1.09 bits per heavy atom. The summed E-state index contributed by atoms with van der Waals surface area (Å²) < 4.78 is 7.38. The van der Waals surface area contributed by atoms with E-state index in [-0.39, 0.29) is 5.63 Å². The standard InChI is InChI=1S/C18H12Br2O2/c1-2-5-13-12-9-8-11(19)10-15(12)18(21)22-17(13)14-6-3-4-7-16(14)20/h2-4,6-10H,1,5H2. The lowest BCUT2D eigenvalue weighted by Gasteiger charge is -2.11. The van der Waals surface area contributed by atoms with Crippen LogP contribution in [-0.4, -0.2) is 0 Å². The van der Waals surface area contributed by atoms with E-state index in [1.807, 2.05) is 42.5 Å². The summed E-state index contributed by atoms with van der Waals surface area (Å²) in [5, 5.41) is 1.46. The molecule has 0 aliphatic rings. The quantitative estimate of drug-likeness (QED) is 0.508. The van der Waals surface area contributed by atoms with E-state index in [2.05, 4.69) is 38.4 Å². The molecule has 2 aromatic carbocycles. The summed E-state index contributed by atoms with van der Waals surface area (Å²) in [5.74, 6) is 0.590. The van der Waals surface area contributed by atoms with Gasteiger partial charge in [-0.25, -0.2) is 4.79 Å². The maximum Gasteiger partial charge on any atom is 0.344 e. The summed E-state index contributed by atoms with van der Waals surface area (Å²) >= 11 is 6.92. The Hall–Kier alpha value is -1.65. The van der Waals surface area contributed by atoms with Gasteiger partial charge in [0.2, 0.25) is 0 Å². The second-order valence-electron chi connectivity index (χ2n) is 4.86. The van der Waals surface area contributed by atoms with Crippen molar-refractivity contribution in [2.24, 2.45) is 0 Å². The second-order valence-corrected chi connectivity index (χ2v) is 6.63. The van der Waals surface area contributed by atoms with Crippen molar-refractivity contribution in [3.05, 3.63) is 80.0 Å². The van der Waals surface area contributed by atoms with Crippen molar-refractivity contribution in [2.75, 3.05) is 0 Å². The molecule has 0 saturated heterocycles. The highest BCUT2D eigenvalue weighted by Crippen LogP contribution is 2.34. The molecule has 0 saturated carbocycles. The summed E-state index contributed by atoms with van der Waals surface area (Å²) in [7, 11) is 0. The van der Waals surface area contributed by atoms with E-state index in [0.717, 1.165) is 25.5 Å². The van der Waals surface area contributed by atoms with Crippen molar-refractivity contribution in [3.8, 4) is 11.3 Å². The molecule has 0 aliphatic heterocycles. The highest BCUT2D eigenvalue weighted by atomic mass is 79.9. The Bertz CT molecular complexity index is 926. The van der Waals surface area contributed by atoms with Gasteiger partial charge in [-0.2, -0.15) is 0 Å². The van der Waals surface area contributed by atoms with Crippen molar-refractivity contribution in [2.45, 2.75) is 6.42 Å². The van der Waals surface area contributed by atoms with Gasteiger partial charge >= 0.3 is 5.63 Å². The molecule has 0 spiro atoms. The third kappa shape index (κ3) is 2.69. The van der Waals surface area contributed by atoms with E-state index in [0.29, 0.717) is 17.6 Å². The summed E-state index contributed by atoms with van der Waals surface area (Å²) in [6, 6.07) is 13.4. The zero-order valence-corrected chi connectivity index (χ0v) is 14.8. The molecule has 0 atom stereocenters. The summed E-state index contributed by atoms with van der Waals surface area (Å²) in [5.41, 5.74) is 1.49. The predicted molar refractivity (Wildman–Crippen MR) is 97.2 cm³/mol. The predicted octanol–water partition coefficient (Wildman–Crippen LogP) is 5.71. The van der Waals surface area contributed by atoms with E-state index in [4.69, 9.17) is 4.42 Å². The van der Waals surface area contributed by atoms with Crippen LogP contribution >= 0.6 is 31.9 Å². The van der Waals surface area contributed by atoms with Gasteiger partial charge in [0.1, 0.15) is 5.76 Å². The number of allylic oxidation sites excluding steroid dienone is 1. The molecular weight excluding hydrogens is 408 g/mol. The zero-order chi connectivity index (χ0) is 15.7. The van der Waals surface area contributed by atoms with Crippen LogP contribution in [0.3, 0.4) is 0 Å². The van der Waals surface area contributed by atoms with Crippen LogP contribution in [-0.2, 0) is 6.42 Å². The third-order valence-electron chi connectivity index (χ3n) is 3.46. The van der Waals surface area contributed by atoms with Gasteiger partial charge in [0.25, 0.3) is 0 Å². The zero-order valence-electron chi connectivity index (χ0n) is 11.6. The average Bonchev–Trinajstić information content (AvgIpc) is 2.51. The topological polar surface area (TPSA) is 30.2 Å². The van der Waals surface area contributed by atoms with Crippen molar-refractivity contribution >= 4 is 42.6 Å². The number of halogens is 2. The molecular formula is C18H12Br2O2. The van der Waals surface area contributed by atoms with E-state index in [1.165, 1.54) is 0 Å². The monoisotopic (exact) mass is 418 g/mol. The molecule has 3 rings (SSSR count). The Morgan fingerprint density at radius 3 is 2.59 bits per heavy atom. The van der Waals surface area contributed by atoms with Crippen molar-refractivity contribution in [3.63, 3.8) is 0 Å². The first-order valence-corrected chi connectivity index (χ1v) is 8.31. The molecule has 0 aliphatic carbocycles. The Kier molecular flexibility index (Phi) is 4.32. The molecule has 0 bridgehead atoms. The minimum absolute atomic E-state index is 0.338. The highest BCUT2D eigenvalue weighted by Gasteiger charge is 2.16. The molecule has 0 amide bonds.